The first-order chi connectivity index (χ1) is 15.1. The van der Waals surface area contributed by atoms with Crippen molar-refractivity contribution in [2.24, 2.45) is 10.9 Å². The second-order valence-electron chi connectivity index (χ2n) is 8.88. The van der Waals surface area contributed by atoms with Crippen molar-refractivity contribution < 1.29 is 4.74 Å². The number of aryl methyl sites for hydroxylation is 1. The maximum absolute atomic E-state index is 6.18. The molecule has 6 heteroatoms. The zero-order chi connectivity index (χ0) is 21.6. The lowest BCUT2D eigenvalue weighted by Gasteiger charge is -2.34. The van der Waals surface area contributed by atoms with E-state index in [0.717, 1.165) is 45.2 Å². The van der Waals surface area contributed by atoms with Crippen LogP contribution >= 0.6 is 11.3 Å². The van der Waals surface area contributed by atoms with E-state index in [4.69, 9.17) is 4.74 Å². The van der Waals surface area contributed by atoms with Crippen LogP contribution in [0.25, 0.3) is 0 Å². The average Bonchev–Trinajstić information content (AvgIpc) is 3.28. The molecule has 1 saturated heterocycles. The third kappa shape index (κ3) is 5.68. The molecule has 168 valence electrons. The van der Waals surface area contributed by atoms with Gasteiger partial charge in [-0.1, -0.05) is 29.8 Å². The zero-order valence-electron chi connectivity index (χ0n) is 19.1. The first kappa shape index (κ1) is 22.3. The Morgan fingerprint density at radius 3 is 2.90 bits per heavy atom. The lowest BCUT2D eigenvalue weighted by atomic mass is 9.89. The Morgan fingerprint density at radius 1 is 1.26 bits per heavy atom. The molecule has 31 heavy (non-hydrogen) atoms. The van der Waals surface area contributed by atoms with Gasteiger partial charge in [-0.15, -0.1) is 11.3 Å². The predicted molar refractivity (Wildman–Crippen MR) is 130 cm³/mol. The molecular formula is C25H36N4OS. The number of guanidine groups is 1. The Morgan fingerprint density at radius 2 is 2.10 bits per heavy atom. The normalized spacial score (nSPS) is 23.3. The standard InChI is InChI=1S/C25H36N4OS/c1-18-6-8-20(9-7-18)24-21(5-4-13-30-24)16-28-25(26-3)27-15-19(2)29-12-10-23-22(17-29)11-14-31-23/h6-9,11,14,19,21,24H,4-5,10,12-13,15-17H2,1-3H3,(H2,26,27,28). The van der Waals surface area contributed by atoms with Gasteiger partial charge in [0, 0.05) is 56.7 Å². The molecule has 0 radical (unpaired) electrons. The molecule has 0 aliphatic carbocycles. The van der Waals surface area contributed by atoms with Crippen molar-refractivity contribution in [2.75, 3.05) is 33.3 Å². The van der Waals surface area contributed by atoms with E-state index >= 15 is 0 Å². The smallest absolute Gasteiger partial charge is 0.191 e. The summed E-state index contributed by atoms with van der Waals surface area (Å²) in [6.07, 6.45) is 3.63. The highest BCUT2D eigenvalue weighted by Gasteiger charge is 2.28. The van der Waals surface area contributed by atoms with Crippen molar-refractivity contribution >= 4 is 17.3 Å². The molecule has 0 amide bonds. The summed E-state index contributed by atoms with van der Waals surface area (Å²) < 4.78 is 6.18. The van der Waals surface area contributed by atoms with E-state index in [1.807, 2.05) is 18.4 Å². The first-order valence-electron chi connectivity index (χ1n) is 11.6. The summed E-state index contributed by atoms with van der Waals surface area (Å²) in [6.45, 7) is 9.24. The van der Waals surface area contributed by atoms with Crippen LogP contribution in [-0.2, 0) is 17.7 Å². The summed E-state index contributed by atoms with van der Waals surface area (Å²) in [7, 11) is 1.85. The summed E-state index contributed by atoms with van der Waals surface area (Å²) in [5.41, 5.74) is 4.08. The minimum atomic E-state index is 0.159. The van der Waals surface area contributed by atoms with Gasteiger partial charge in [-0.3, -0.25) is 9.89 Å². The number of hydrogen-bond acceptors (Lipinski definition) is 4. The Bertz CT molecular complexity index is 863. The van der Waals surface area contributed by atoms with Crippen molar-refractivity contribution in [1.29, 1.82) is 0 Å². The molecular weight excluding hydrogens is 404 g/mol. The fourth-order valence-electron chi connectivity index (χ4n) is 4.65. The summed E-state index contributed by atoms with van der Waals surface area (Å²) in [6, 6.07) is 11.5. The molecule has 3 heterocycles. The largest absolute Gasteiger partial charge is 0.373 e. The van der Waals surface area contributed by atoms with E-state index in [1.165, 1.54) is 29.5 Å². The van der Waals surface area contributed by atoms with Gasteiger partial charge in [0.05, 0.1) is 6.10 Å². The first-order valence-corrected chi connectivity index (χ1v) is 12.4. The van der Waals surface area contributed by atoms with E-state index in [0.29, 0.717) is 12.0 Å². The average molecular weight is 441 g/mol. The van der Waals surface area contributed by atoms with Crippen LogP contribution in [0, 0.1) is 12.8 Å². The fourth-order valence-corrected chi connectivity index (χ4v) is 5.53. The molecule has 3 unspecified atom stereocenters. The Hall–Kier alpha value is -1.89. The van der Waals surface area contributed by atoms with Crippen molar-refractivity contribution in [2.45, 2.75) is 51.8 Å². The van der Waals surface area contributed by atoms with Gasteiger partial charge in [0.2, 0.25) is 0 Å². The summed E-state index contributed by atoms with van der Waals surface area (Å²) in [4.78, 5) is 8.59. The van der Waals surface area contributed by atoms with E-state index in [-0.39, 0.29) is 6.10 Å². The molecule has 1 fully saturated rings. The monoisotopic (exact) mass is 440 g/mol. The zero-order valence-corrected chi connectivity index (χ0v) is 19.9. The molecule has 2 aliphatic heterocycles. The van der Waals surface area contributed by atoms with E-state index in [1.54, 1.807) is 4.88 Å². The van der Waals surface area contributed by atoms with Crippen LogP contribution in [0.5, 0.6) is 0 Å². The third-order valence-corrected chi connectivity index (χ3v) is 7.65. The highest BCUT2D eigenvalue weighted by atomic mass is 32.1. The van der Waals surface area contributed by atoms with Crippen molar-refractivity contribution in [1.82, 2.24) is 15.5 Å². The molecule has 4 rings (SSSR count). The molecule has 2 aromatic rings. The molecule has 1 aromatic carbocycles. The number of ether oxygens (including phenoxy) is 1. The Labute approximate surface area is 190 Å². The number of nitrogens with one attached hydrogen (secondary N) is 2. The molecule has 3 atom stereocenters. The number of benzene rings is 1. The fraction of sp³-hybridized carbons (Fsp3) is 0.560. The van der Waals surface area contributed by atoms with Crippen LogP contribution in [0.1, 0.15) is 47.4 Å². The highest BCUT2D eigenvalue weighted by Crippen LogP contribution is 2.33. The summed E-state index contributed by atoms with van der Waals surface area (Å²) in [5.74, 6) is 1.33. The summed E-state index contributed by atoms with van der Waals surface area (Å²) >= 11 is 1.90. The van der Waals surface area contributed by atoms with Gasteiger partial charge in [0.1, 0.15) is 0 Å². The number of hydrogen-bond donors (Lipinski definition) is 2. The van der Waals surface area contributed by atoms with Gasteiger partial charge < -0.3 is 15.4 Å². The lowest BCUT2D eigenvalue weighted by Crippen LogP contribution is -2.48. The second kappa shape index (κ2) is 10.6. The predicted octanol–water partition coefficient (Wildman–Crippen LogP) is 4.14. The van der Waals surface area contributed by atoms with Gasteiger partial charge in [0.15, 0.2) is 5.96 Å². The van der Waals surface area contributed by atoms with Crippen LogP contribution in [0.4, 0.5) is 0 Å². The molecule has 1 aromatic heterocycles. The molecule has 0 spiro atoms. The quantitative estimate of drug-likeness (QED) is 0.524. The maximum atomic E-state index is 6.18. The van der Waals surface area contributed by atoms with Crippen LogP contribution in [0.2, 0.25) is 0 Å². The van der Waals surface area contributed by atoms with Crippen LogP contribution in [0.3, 0.4) is 0 Å². The SMILES string of the molecule is CN=C(NCC1CCCOC1c1ccc(C)cc1)NCC(C)N1CCc2sccc2C1. The molecule has 2 N–H and O–H groups in total. The molecule has 5 nitrogen and oxygen atoms in total. The number of thiophene rings is 1. The number of nitrogens with zero attached hydrogens (tertiary/aromatic N) is 2. The summed E-state index contributed by atoms with van der Waals surface area (Å²) in [5, 5.41) is 9.33. The number of rotatable bonds is 6. The van der Waals surface area contributed by atoms with Gasteiger partial charge in [0.25, 0.3) is 0 Å². The highest BCUT2D eigenvalue weighted by molar-refractivity contribution is 7.10. The van der Waals surface area contributed by atoms with Crippen molar-refractivity contribution in [3.8, 4) is 0 Å². The maximum Gasteiger partial charge on any atom is 0.191 e. The van der Waals surface area contributed by atoms with E-state index < -0.39 is 0 Å². The second-order valence-corrected chi connectivity index (χ2v) is 9.88. The number of aliphatic imine (C=N–C) groups is 1. The van der Waals surface area contributed by atoms with Crippen molar-refractivity contribution in [3.63, 3.8) is 0 Å². The van der Waals surface area contributed by atoms with Gasteiger partial charge in [-0.25, -0.2) is 0 Å². The van der Waals surface area contributed by atoms with Crippen LogP contribution in [-0.4, -0.2) is 50.2 Å². The van der Waals surface area contributed by atoms with Crippen molar-refractivity contribution in [3.05, 3.63) is 57.3 Å². The minimum Gasteiger partial charge on any atom is -0.373 e. The molecule has 0 saturated carbocycles. The van der Waals surface area contributed by atoms with Gasteiger partial charge in [-0.05, 0) is 55.7 Å². The Kier molecular flexibility index (Phi) is 7.64. The van der Waals surface area contributed by atoms with Crippen LogP contribution in [0.15, 0.2) is 40.7 Å². The number of fused-ring (bicyclic) bond motifs is 1. The van der Waals surface area contributed by atoms with Gasteiger partial charge in [-0.2, -0.15) is 0 Å². The van der Waals surface area contributed by atoms with E-state index in [2.05, 4.69) is 70.1 Å². The van der Waals surface area contributed by atoms with Gasteiger partial charge >= 0.3 is 0 Å². The Balaban J connectivity index is 1.27. The third-order valence-electron chi connectivity index (χ3n) is 6.63. The minimum absolute atomic E-state index is 0.159. The molecule has 2 aliphatic rings. The molecule has 0 bridgehead atoms. The van der Waals surface area contributed by atoms with Crippen LogP contribution < -0.4 is 10.6 Å². The topological polar surface area (TPSA) is 48.9 Å². The lowest BCUT2D eigenvalue weighted by molar-refractivity contribution is -0.0265. The van der Waals surface area contributed by atoms with E-state index in [9.17, 15) is 0 Å².